The summed E-state index contributed by atoms with van der Waals surface area (Å²) in [7, 11) is 0. The molecule has 0 saturated carbocycles. The number of rotatable bonds is 22. The molecular weight excluding hydrogens is 1940 g/mol. The first-order valence-corrected chi connectivity index (χ1v) is 46.4. The third-order valence-corrected chi connectivity index (χ3v) is 21.4. The van der Waals surface area contributed by atoms with Crippen LogP contribution in [-0.2, 0) is 79.4 Å². The van der Waals surface area contributed by atoms with E-state index in [1.54, 1.807) is 107 Å². The molecule has 1 aliphatic heterocycles. The number of aromatic hydroxyl groups is 3. The van der Waals surface area contributed by atoms with Gasteiger partial charge in [0.15, 0.2) is 0 Å². The van der Waals surface area contributed by atoms with Gasteiger partial charge in [0.1, 0.15) is 78.9 Å². The van der Waals surface area contributed by atoms with Gasteiger partial charge >= 0.3 is 101 Å². The van der Waals surface area contributed by atoms with E-state index in [-0.39, 0.29) is 135 Å². The number of fused-ring (bicyclic) bond motifs is 9. The summed E-state index contributed by atoms with van der Waals surface area (Å²) in [6.07, 6.45) is 19.2. The minimum Gasteiger partial charge on any atom is -1.00 e. The number of benzene rings is 10. The fourth-order valence-electron chi connectivity index (χ4n) is 13.8. The second-order valence-corrected chi connectivity index (χ2v) is 32.9. The number of nitrogens with zero attached hydrogens (tertiary/aromatic N) is 7. The molecule has 0 aliphatic carbocycles. The van der Waals surface area contributed by atoms with E-state index in [1.165, 1.54) is 19.4 Å². The molecule has 8 heterocycles. The Morgan fingerprint density at radius 2 is 0.865 bits per heavy atom. The average molecular weight is 2060 g/mol. The van der Waals surface area contributed by atoms with Crippen molar-refractivity contribution in [2.45, 2.75) is 116 Å². The number of esters is 2. The van der Waals surface area contributed by atoms with Crippen molar-refractivity contribution in [3.63, 3.8) is 0 Å². The second-order valence-electron chi connectivity index (χ2n) is 31.7. The molecule has 7 N–H and O–H groups in total. The molecule has 3 unspecified atom stereocenters. The number of aliphatic hydroxyl groups is 2. The van der Waals surface area contributed by atoms with Crippen molar-refractivity contribution in [2.24, 2.45) is 0 Å². The summed E-state index contributed by atoms with van der Waals surface area (Å²) in [5.41, 5.74) is 14.3. The van der Waals surface area contributed by atoms with Crippen LogP contribution in [0.25, 0.3) is 76.3 Å². The van der Waals surface area contributed by atoms with Gasteiger partial charge in [-0.15, -0.1) is 13.2 Å². The van der Waals surface area contributed by atoms with Crippen molar-refractivity contribution in [3.8, 4) is 40.2 Å². The number of carboxylic acids is 1. The maximum Gasteiger partial charge on any atom is 1.00 e. The number of carbonyl (C=O) groups excluding carboxylic acids is 2. The topological polar surface area (TPSA) is 348 Å². The SMILES string of the molecule is BrCc1ccccc1.C=CCOc1ccc2ncccc2c1.C=CCc1c(O)ccc2ncccc12.C=CCc1c(OCc2ccccc2)ccc2ncccc12.CC(=O)O.CC(=O)OC(CBr)Cc1c(O)ccc2ncccc12.CC(=O)OC1COc2ccc3ncccc3c2C1.CC(C)(C)OO.OCC(O)Cc1c(OCc2ccccc2)ccc2ncccc12.Oc1ccc2ncccc2c1.[H-].[H-].[H-].[Na+].[Na+].[Na+]. The standard InChI is InChI=1S/C19H19NO3.C19H17NO.C14H14BrNO3.C14H13NO3.2C12H11NO.C9H7NO.C7H7Br.C4H10O2.C2H4O2.3Na.3H/c21-12-15(22)11-17-16-7-4-10-20-18(16)8-9-19(17)23-13-14-5-2-1-3-6-14;1-2-7-17-16-10-6-13-20-18(16)11-12-19(17)21-14-15-8-4-3-5-9-15;1-9(17)19-10(8-15)7-12-11-3-2-6-16-13(11)4-5-14(12)18;1-9(16)18-10-7-12-11-3-2-6-15-13(11)4-5-14(12)17-8-10;1-2-8-14-11-5-6-12-10(9-11)4-3-7-13-12;1-2-4-10-9-5-3-8-13-11(9)6-7-12(10)14;11-8-3-4-9-7(6-8)2-1-5-10-9;8-6-7-4-2-1-3-5-7;1-4(2,3)6-5;1-2(3)4;;;;;;/h1-10,15,21-22H,11-13H2;2-6,8-13H,1,7,14H2;2-6,10,18H,7-8H2,1H3;2-6,10H,7-8H2,1H3;2-7,9H,1,8H2;2-3,5-8,14H,1,4H2;1-6,11H;1-5H,6H2;5H,1-3H3;1H3,(H,3,4);;;;;;/q;;;;;;;;;;3*+1;3*-1. The first kappa shape index (κ1) is 118. The number of aliphatic hydroxyl groups excluding tert-OH is 2. The minimum atomic E-state index is -0.833. The Hall–Kier alpha value is -11.9. The number of halogens is 2. The molecule has 17 aromatic rings. The molecule has 718 valence electrons. The molecule has 141 heavy (non-hydrogen) atoms. The Labute approximate surface area is 909 Å². The molecule has 0 saturated heterocycles. The van der Waals surface area contributed by atoms with Crippen LogP contribution >= 0.6 is 31.9 Å². The molecule has 0 fully saturated rings. The molecule has 0 radical (unpaired) electrons. The zero-order valence-corrected chi connectivity index (χ0v) is 89.9. The van der Waals surface area contributed by atoms with E-state index in [9.17, 15) is 24.9 Å². The zero-order chi connectivity index (χ0) is 99.0. The Morgan fingerprint density at radius 3 is 1.31 bits per heavy atom. The van der Waals surface area contributed by atoms with E-state index in [4.69, 9.17) is 53.8 Å². The normalized spacial score (nSPS) is 11.5. The largest absolute Gasteiger partial charge is 1.00 e. The summed E-state index contributed by atoms with van der Waals surface area (Å²) in [4.78, 5) is 64.8. The molecular formula is C112H116Br2N7Na3O17. The van der Waals surface area contributed by atoms with Crippen molar-refractivity contribution in [1.82, 2.24) is 34.9 Å². The predicted molar refractivity (Wildman–Crippen MR) is 556 cm³/mol. The van der Waals surface area contributed by atoms with E-state index >= 15 is 0 Å². The Bertz CT molecular complexity index is 6780. The third kappa shape index (κ3) is 39.8. The maximum atomic E-state index is 11.0. The van der Waals surface area contributed by atoms with E-state index < -0.39 is 17.7 Å². The third-order valence-electron chi connectivity index (χ3n) is 20.1. The number of hydrogen-bond acceptors (Lipinski definition) is 23. The molecule has 29 heteroatoms. The quantitative estimate of drug-likeness (QED) is 0.00827. The van der Waals surface area contributed by atoms with E-state index in [1.807, 2.05) is 219 Å². The predicted octanol–water partition coefficient (Wildman–Crippen LogP) is 14.9. The van der Waals surface area contributed by atoms with Crippen LogP contribution in [-0.4, -0.2) is 138 Å². The van der Waals surface area contributed by atoms with Crippen LogP contribution in [0.4, 0.5) is 0 Å². The molecule has 24 nitrogen and oxygen atoms in total. The van der Waals surface area contributed by atoms with Gasteiger partial charge in [-0.1, -0.05) is 190 Å². The zero-order valence-electron chi connectivity index (χ0n) is 83.7. The van der Waals surface area contributed by atoms with Gasteiger partial charge in [-0.2, -0.15) is 0 Å². The molecule has 0 bridgehead atoms. The number of aliphatic carboxylic acids is 1. The van der Waals surface area contributed by atoms with Gasteiger partial charge in [0.2, 0.25) is 0 Å². The first-order valence-electron chi connectivity index (χ1n) is 44.2. The number of hydrogen-bond donors (Lipinski definition) is 7. The number of allylic oxidation sites excluding steroid dienone is 2. The molecule has 3 atom stereocenters. The van der Waals surface area contributed by atoms with Crippen LogP contribution in [0.1, 0.15) is 90.3 Å². The van der Waals surface area contributed by atoms with Crippen LogP contribution in [0.15, 0.2) is 354 Å². The van der Waals surface area contributed by atoms with Crippen LogP contribution < -0.4 is 108 Å². The maximum absolute atomic E-state index is 11.0. The number of phenolic OH excluding ortho intramolecular Hbond substituents is 3. The Kier molecular flexibility index (Phi) is 53.3. The number of alkyl halides is 2. The Balaban J connectivity index is 0.000000420. The summed E-state index contributed by atoms with van der Waals surface area (Å²) in [5.74, 6) is 2.67. The minimum absolute atomic E-state index is 0. The summed E-state index contributed by atoms with van der Waals surface area (Å²) in [6.45, 7) is 22.0. The molecule has 1 aliphatic rings. The van der Waals surface area contributed by atoms with Gasteiger partial charge in [-0.05, 0) is 190 Å². The average Bonchev–Trinajstić information content (AvgIpc) is 0.780. The van der Waals surface area contributed by atoms with E-state index in [0.717, 1.165) is 151 Å². The van der Waals surface area contributed by atoms with Crippen molar-refractivity contribution in [2.75, 3.05) is 25.2 Å². The summed E-state index contributed by atoms with van der Waals surface area (Å²) in [5, 5.41) is 71.6. The van der Waals surface area contributed by atoms with Crippen molar-refractivity contribution < 1.29 is 177 Å². The van der Waals surface area contributed by atoms with Gasteiger partial charge in [-0.3, -0.25) is 54.5 Å². The van der Waals surface area contributed by atoms with Gasteiger partial charge in [-0.25, -0.2) is 4.89 Å². The summed E-state index contributed by atoms with van der Waals surface area (Å²) in [6, 6.07) is 86.9. The van der Waals surface area contributed by atoms with Crippen LogP contribution in [0.5, 0.6) is 40.2 Å². The fourth-order valence-corrected chi connectivity index (χ4v) is 14.5. The number of aromatic nitrogens is 7. The number of carboxylic acid groups (broad SMARTS) is 1. The van der Waals surface area contributed by atoms with Crippen LogP contribution in [0.3, 0.4) is 0 Å². The number of ether oxygens (including phenoxy) is 6. The Morgan fingerprint density at radius 1 is 0.468 bits per heavy atom. The number of pyridine rings is 7. The van der Waals surface area contributed by atoms with Crippen molar-refractivity contribution in [3.05, 3.63) is 399 Å². The molecule has 18 rings (SSSR count). The van der Waals surface area contributed by atoms with Crippen molar-refractivity contribution in [1.29, 1.82) is 0 Å². The molecule has 0 amide bonds. The second kappa shape index (κ2) is 63.8. The van der Waals surface area contributed by atoms with Crippen LogP contribution in [0, 0.1) is 0 Å². The van der Waals surface area contributed by atoms with Crippen LogP contribution in [0.2, 0.25) is 0 Å². The van der Waals surface area contributed by atoms with Gasteiger partial charge in [0.25, 0.3) is 5.97 Å². The number of phenols is 3. The number of carbonyl (C=O) groups is 3. The summed E-state index contributed by atoms with van der Waals surface area (Å²) < 4.78 is 33.4. The first-order chi connectivity index (χ1) is 66.8. The van der Waals surface area contributed by atoms with Gasteiger partial charge in [0.05, 0.1) is 56.9 Å². The van der Waals surface area contributed by atoms with Crippen molar-refractivity contribution >= 4 is 126 Å². The van der Waals surface area contributed by atoms with E-state index in [2.05, 4.69) is 122 Å². The molecule has 7 aromatic heterocycles. The van der Waals surface area contributed by atoms with Gasteiger partial charge in [0, 0.05) is 160 Å². The van der Waals surface area contributed by atoms with Gasteiger partial charge < -0.3 is 63.3 Å². The summed E-state index contributed by atoms with van der Waals surface area (Å²) >= 11 is 6.67. The smallest absolute Gasteiger partial charge is 1.00 e. The fraction of sp³-hybridized carbons (Fsp3) is 0.196. The monoisotopic (exact) mass is 2060 g/mol. The van der Waals surface area contributed by atoms with E-state index in [0.29, 0.717) is 68.9 Å². The molecule has 0 spiro atoms. The molecule has 10 aromatic carbocycles.